The fourth-order valence-corrected chi connectivity index (χ4v) is 3.13. The number of aryl methyl sites for hydroxylation is 1. The smallest absolute Gasteiger partial charge is 0.113 e. The topological polar surface area (TPSA) is 43.6 Å². The maximum Gasteiger partial charge on any atom is 0.113 e. The summed E-state index contributed by atoms with van der Waals surface area (Å²) < 4.78 is 1.79. The van der Waals surface area contributed by atoms with Crippen LogP contribution < -0.4 is 0 Å². The maximum absolute atomic E-state index is 6.06. The number of nitrogens with zero attached hydrogens (tertiary/aromatic N) is 4. The van der Waals surface area contributed by atoms with Crippen molar-refractivity contribution in [2.75, 3.05) is 0 Å². The molecule has 0 N–H and O–H groups in total. The van der Waals surface area contributed by atoms with Gasteiger partial charge < -0.3 is 0 Å². The predicted molar refractivity (Wildman–Crippen MR) is 95.1 cm³/mol. The molecule has 4 rings (SSSR count). The maximum atomic E-state index is 6.06. The Balaban J connectivity index is 1.90. The Morgan fingerprint density at radius 3 is 2.50 bits per heavy atom. The Morgan fingerprint density at radius 2 is 1.75 bits per heavy atom. The molecule has 0 bridgehead atoms. The van der Waals surface area contributed by atoms with Gasteiger partial charge in [-0.3, -0.25) is 4.98 Å². The van der Waals surface area contributed by atoms with Gasteiger partial charge in [-0.25, -0.2) is 4.68 Å². The van der Waals surface area contributed by atoms with Crippen molar-refractivity contribution >= 4 is 22.6 Å². The lowest BCUT2D eigenvalue weighted by atomic mass is 9.86. The molecule has 5 heteroatoms. The van der Waals surface area contributed by atoms with Crippen LogP contribution in [0.1, 0.15) is 22.6 Å². The molecule has 1 atom stereocenters. The predicted octanol–water partition coefficient (Wildman–Crippen LogP) is 4.20. The molecular weight excluding hydrogens is 320 g/mol. The zero-order chi connectivity index (χ0) is 16.5. The highest BCUT2D eigenvalue weighted by Crippen LogP contribution is 2.33. The van der Waals surface area contributed by atoms with E-state index in [9.17, 15) is 0 Å². The van der Waals surface area contributed by atoms with E-state index in [0.29, 0.717) is 0 Å². The van der Waals surface area contributed by atoms with Gasteiger partial charge in [0.15, 0.2) is 0 Å². The van der Waals surface area contributed by atoms with Gasteiger partial charge in [-0.15, -0.1) is 5.10 Å². The molecular formula is C19H15ClN4. The molecule has 0 aliphatic rings. The van der Waals surface area contributed by atoms with Crippen molar-refractivity contribution < 1.29 is 0 Å². The van der Waals surface area contributed by atoms with Gasteiger partial charge in [-0.05, 0) is 47.0 Å². The van der Waals surface area contributed by atoms with Crippen LogP contribution in [0.5, 0.6) is 0 Å². The van der Waals surface area contributed by atoms with Gasteiger partial charge in [0.1, 0.15) is 5.52 Å². The van der Waals surface area contributed by atoms with Gasteiger partial charge in [-0.1, -0.05) is 41.1 Å². The summed E-state index contributed by atoms with van der Waals surface area (Å²) in [6, 6.07) is 18.3. The van der Waals surface area contributed by atoms with E-state index in [1.165, 1.54) is 11.1 Å². The van der Waals surface area contributed by atoms with E-state index < -0.39 is 0 Å². The van der Waals surface area contributed by atoms with E-state index in [1.807, 2.05) is 37.5 Å². The summed E-state index contributed by atoms with van der Waals surface area (Å²) in [6.07, 6.45) is 3.70. The van der Waals surface area contributed by atoms with Gasteiger partial charge >= 0.3 is 0 Å². The molecule has 2 heterocycles. The second-order valence-corrected chi connectivity index (χ2v) is 6.17. The third-order valence-electron chi connectivity index (χ3n) is 4.19. The minimum Gasteiger partial charge on any atom is -0.264 e. The van der Waals surface area contributed by atoms with E-state index >= 15 is 0 Å². The summed E-state index contributed by atoms with van der Waals surface area (Å²) in [4.78, 5) is 4.29. The largest absolute Gasteiger partial charge is 0.264 e. The number of aromatic nitrogens is 4. The first-order chi connectivity index (χ1) is 11.7. The quantitative estimate of drug-likeness (QED) is 0.564. The number of benzene rings is 2. The van der Waals surface area contributed by atoms with E-state index in [4.69, 9.17) is 11.6 Å². The van der Waals surface area contributed by atoms with Crippen LogP contribution in [0.4, 0.5) is 0 Å². The van der Waals surface area contributed by atoms with Crippen molar-refractivity contribution in [3.8, 4) is 0 Å². The SMILES string of the molecule is Cn1nnc2ccc(C(c3ccc(Cl)cc3)c3cccnc3)cc21. The average molecular weight is 335 g/mol. The average Bonchev–Trinajstić information content (AvgIpc) is 2.99. The Kier molecular flexibility index (Phi) is 3.75. The lowest BCUT2D eigenvalue weighted by molar-refractivity contribution is 0.736. The highest BCUT2D eigenvalue weighted by Gasteiger charge is 2.18. The minimum atomic E-state index is 0.0790. The van der Waals surface area contributed by atoms with Crippen LogP contribution in [0.3, 0.4) is 0 Å². The summed E-state index contributed by atoms with van der Waals surface area (Å²) in [5.41, 5.74) is 5.37. The number of hydrogen-bond acceptors (Lipinski definition) is 3. The molecule has 118 valence electrons. The van der Waals surface area contributed by atoms with E-state index in [2.05, 4.69) is 45.6 Å². The van der Waals surface area contributed by atoms with Gasteiger partial charge in [0.2, 0.25) is 0 Å². The Bertz CT molecular complexity index is 977. The lowest BCUT2D eigenvalue weighted by Crippen LogP contribution is -2.04. The van der Waals surface area contributed by atoms with Crippen molar-refractivity contribution in [2.45, 2.75) is 5.92 Å². The number of rotatable bonds is 3. The Hall–Kier alpha value is -2.72. The molecule has 0 radical (unpaired) electrons. The summed E-state index contributed by atoms with van der Waals surface area (Å²) in [7, 11) is 1.90. The van der Waals surface area contributed by atoms with Gasteiger partial charge in [0.25, 0.3) is 0 Å². The molecule has 2 aromatic heterocycles. The summed E-state index contributed by atoms with van der Waals surface area (Å²) in [5.74, 6) is 0.0790. The fraction of sp³-hybridized carbons (Fsp3) is 0.105. The van der Waals surface area contributed by atoms with E-state index in [1.54, 1.807) is 10.9 Å². The first-order valence-electron chi connectivity index (χ1n) is 7.67. The Morgan fingerprint density at radius 1 is 0.958 bits per heavy atom. The monoisotopic (exact) mass is 334 g/mol. The zero-order valence-electron chi connectivity index (χ0n) is 13.1. The number of fused-ring (bicyclic) bond motifs is 1. The van der Waals surface area contributed by atoms with Crippen LogP contribution in [0.2, 0.25) is 5.02 Å². The molecule has 0 aliphatic carbocycles. The van der Waals surface area contributed by atoms with E-state index in [-0.39, 0.29) is 5.92 Å². The zero-order valence-corrected chi connectivity index (χ0v) is 13.9. The molecule has 0 spiro atoms. The molecule has 0 saturated carbocycles. The number of hydrogen-bond donors (Lipinski definition) is 0. The van der Waals surface area contributed by atoms with Crippen LogP contribution in [0.25, 0.3) is 11.0 Å². The number of halogens is 1. The Labute approximate surface area is 144 Å². The fourth-order valence-electron chi connectivity index (χ4n) is 3.01. The summed E-state index contributed by atoms with van der Waals surface area (Å²) in [5, 5.41) is 8.98. The van der Waals surface area contributed by atoms with Gasteiger partial charge in [-0.2, -0.15) is 0 Å². The van der Waals surface area contributed by atoms with Crippen molar-refractivity contribution in [2.24, 2.45) is 7.05 Å². The van der Waals surface area contributed by atoms with Gasteiger partial charge in [0, 0.05) is 30.4 Å². The van der Waals surface area contributed by atoms with Crippen LogP contribution in [0, 0.1) is 0 Å². The standard InChI is InChI=1S/C19H15ClN4/c1-24-18-11-14(6-9-17(18)22-23-24)19(15-3-2-10-21-12-15)13-4-7-16(20)8-5-13/h2-12,19H,1H3. The molecule has 2 aromatic carbocycles. The lowest BCUT2D eigenvalue weighted by Gasteiger charge is -2.18. The van der Waals surface area contributed by atoms with Crippen LogP contribution in [-0.2, 0) is 7.05 Å². The molecule has 1 unspecified atom stereocenters. The van der Waals surface area contributed by atoms with Crippen molar-refractivity contribution in [3.63, 3.8) is 0 Å². The van der Waals surface area contributed by atoms with E-state index in [0.717, 1.165) is 21.6 Å². The van der Waals surface area contributed by atoms with Crippen molar-refractivity contribution in [1.29, 1.82) is 0 Å². The van der Waals surface area contributed by atoms with Gasteiger partial charge in [0.05, 0.1) is 5.52 Å². The molecule has 0 aliphatic heterocycles. The third-order valence-corrected chi connectivity index (χ3v) is 4.44. The minimum absolute atomic E-state index is 0.0790. The molecule has 4 aromatic rings. The number of pyridine rings is 1. The van der Waals surface area contributed by atoms with Crippen molar-refractivity contribution in [3.05, 3.63) is 88.7 Å². The highest BCUT2D eigenvalue weighted by molar-refractivity contribution is 6.30. The third kappa shape index (κ3) is 2.65. The first kappa shape index (κ1) is 14.8. The van der Waals surface area contributed by atoms with Crippen LogP contribution >= 0.6 is 11.6 Å². The van der Waals surface area contributed by atoms with Crippen LogP contribution in [-0.4, -0.2) is 20.0 Å². The molecule has 0 amide bonds. The highest BCUT2D eigenvalue weighted by atomic mass is 35.5. The molecule has 0 fully saturated rings. The van der Waals surface area contributed by atoms with Crippen LogP contribution in [0.15, 0.2) is 67.0 Å². The molecule has 0 saturated heterocycles. The normalized spacial score (nSPS) is 12.4. The second kappa shape index (κ2) is 6.06. The second-order valence-electron chi connectivity index (χ2n) is 5.73. The molecule has 24 heavy (non-hydrogen) atoms. The first-order valence-corrected chi connectivity index (χ1v) is 8.05. The summed E-state index contributed by atoms with van der Waals surface area (Å²) in [6.45, 7) is 0. The molecule has 4 nitrogen and oxygen atoms in total. The summed E-state index contributed by atoms with van der Waals surface area (Å²) >= 11 is 6.06. The van der Waals surface area contributed by atoms with Crippen molar-refractivity contribution in [1.82, 2.24) is 20.0 Å².